The van der Waals surface area contributed by atoms with E-state index in [9.17, 15) is 4.79 Å². The van der Waals surface area contributed by atoms with Crippen LogP contribution in [-0.4, -0.2) is 42.5 Å². The number of unbranched alkanes of at least 4 members (excludes halogenated alkanes) is 2. The van der Waals surface area contributed by atoms with Crippen LogP contribution in [0.2, 0.25) is 0 Å². The van der Waals surface area contributed by atoms with Gasteiger partial charge in [-0.3, -0.25) is 9.69 Å². The van der Waals surface area contributed by atoms with E-state index in [-0.39, 0.29) is 5.91 Å². The standard InChI is InChI=1S/C13H25N3O/c14-8-3-1-2-6-13(17)15-11-7-10-16-9-4-5-12(11)16/h11-12H,1-10,14H2,(H,15,17). The molecule has 0 saturated carbocycles. The van der Waals surface area contributed by atoms with E-state index in [4.69, 9.17) is 5.73 Å². The molecule has 1 amide bonds. The molecule has 2 heterocycles. The average molecular weight is 239 g/mol. The summed E-state index contributed by atoms with van der Waals surface area (Å²) in [5, 5.41) is 3.22. The first-order valence-electron chi connectivity index (χ1n) is 7.05. The van der Waals surface area contributed by atoms with Crippen LogP contribution in [0.15, 0.2) is 0 Å². The topological polar surface area (TPSA) is 58.4 Å². The molecule has 2 unspecified atom stereocenters. The maximum Gasteiger partial charge on any atom is 0.220 e. The first kappa shape index (κ1) is 12.8. The van der Waals surface area contributed by atoms with Crippen molar-refractivity contribution in [2.45, 2.75) is 57.0 Å². The summed E-state index contributed by atoms with van der Waals surface area (Å²) in [4.78, 5) is 14.3. The zero-order valence-corrected chi connectivity index (χ0v) is 10.7. The van der Waals surface area contributed by atoms with Crippen LogP contribution in [-0.2, 0) is 4.79 Å². The Morgan fingerprint density at radius 2 is 2.12 bits per heavy atom. The van der Waals surface area contributed by atoms with Crippen molar-refractivity contribution in [3.8, 4) is 0 Å². The Morgan fingerprint density at radius 1 is 1.24 bits per heavy atom. The molecule has 0 aromatic heterocycles. The number of hydrogen-bond acceptors (Lipinski definition) is 3. The van der Waals surface area contributed by atoms with Crippen molar-refractivity contribution in [1.82, 2.24) is 10.2 Å². The third kappa shape index (κ3) is 3.42. The van der Waals surface area contributed by atoms with Gasteiger partial charge >= 0.3 is 0 Å². The van der Waals surface area contributed by atoms with Gasteiger partial charge < -0.3 is 11.1 Å². The summed E-state index contributed by atoms with van der Waals surface area (Å²) in [5.74, 6) is 0.237. The lowest BCUT2D eigenvalue weighted by Gasteiger charge is -2.21. The van der Waals surface area contributed by atoms with Gasteiger partial charge in [0.05, 0.1) is 0 Å². The van der Waals surface area contributed by atoms with Crippen molar-refractivity contribution in [3.63, 3.8) is 0 Å². The second kappa shape index (κ2) is 6.36. The Hall–Kier alpha value is -0.610. The number of nitrogens with zero attached hydrogens (tertiary/aromatic N) is 1. The van der Waals surface area contributed by atoms with Gasteiger partial charge in [0.2, 0.25) is 5.91 Å². The molecular formula is C13H25N3O. The highest BCUT2D eigenvalue weighted by Gasteiger charge is 2.37. The van der Waals surface area contributed by atoms with E-state index in [0.717, 1.165) is 32.2 Å². The van der Waals surface area contributed by atoms with Crippen molar-refractivity contribution in [1.29, 1.82) is 0 Å². The van der Waals surface area contributed by atoms with Crippen molar-refractivity contribution in [2.75, 3.05) is 19.6 Å². The Balaban J connectivity index is 1.65. The van der Waals surface area contributed by atoms with Gasteiger partial charge in [-0.1, -0.05) is 6.42 Å². The number of fused-ring (bicyclic) bond motifs is 1. The van der Waals surface area contributed by atoms with Crippen molar-refractivity contribution >= 4 is 5.91 Å². The van der Waals surface area contributed by atoms with Gasteiger partial charge in [-0.15, -0.1) is 0 Å². The Bertz CT molecular complexity index is 257. The molecule has 2 atom stereocenters. The maximum absolute atomic E-state index is 11.8. The summed E-state index contributed by atoms with van der Waals surface area (Å²) in [5.41, 5.74) is 5.43. The van der Waals surface area contributed by atoms with Crippen LogP contribution in [0.3, 0.4) is 0 Å². The summed E-state index contributed by atoms with van der Waals surface area (Å²) in [6.07, 6.45) is 7.45. The van der Waals surface area contributed by atoms with Crippen LogP contribution in [0.4, 0.5) is 0 Å². The van der Waals surface area contributed by atoms with E-state index in [0.29, 0.717) is 18.5 Å². The lowest BCUT2D eigenvalue weighted by atomic mass is 10.1. The van der Waals surface area contributed by atoms with Gasteiger partial charge in [0.15, 0.2) is 0 Å². The molecule has 2 saturated heterocycles. The third-order valence-corrected chi connectivity index (χ3v) is 4.06. The van der Waals surface area contributed by atoms with Crippen LogP contribution < -0.4 is 11.1 Å². The number of nitrogens with two attached hydrogens (primary N) is 1. The molecule has 2 aliphatic rings. The third-order valence-electron chi connectivity index (χ3n) is 4.06. The lowest BCUT2D eigenvalue weighted by molar-refractivity contribution is -0.122. The Labute approximate surface area is 104 Å². The fourth-order valence-corrected chi connectivity index (χ4v) is 3.14. The second-order valence-electron chi connectivity index (χ2n) is 5.31. The largest absolute Gasteiger partial charge is 0.352 e. The molecule has 4 nitrogen and oxygen atoms in total. The number of carbonyl (C=O) groups is 1. The molecule has 4 heteroatoms. The first-order valence-corrected chi connectivity index (χ1v) is 7.05. The van der Waals surface area contributed by atoms with Crippen molar-refractivity contribution in [2.24, 2.45) is 5.73 Å². The Kier molecular flexibility index (Phi) is 4.80. The van der Waals surface area contributed by atoms with Crippen molar-refractivity contribution in [3.05, 3.63) is 0 Å². The number of hydrogen-bond donors (Lipinski definition) is 2. The summed E-state index contributed by atoms with van der Waals surface area (Å²) in [7, 11) is 0. The fourth-order valence-electron chi connectivity index (χ4n) is 3.14. The van der Waals surface area contributed by atoms with Gasteiger partial charge in [-0.25, -0.2) is 0 Å². The van der Waals surface area contributed by atoms with Crippen LogP contribution in [0.25, 0.3) is 0 Å². The zero-order chi connectivity index (χ0) is 12.1. The van der Waals surface area contributed by atoms with Crippen LogP contribution in [0, 0.1) is 0 Å². The second-order valence-corrected chi connectivity index (χ2v) is 5.31. The normalized spacial score (nSPS) is 28.3. The molecule has 98 valence electrons. The molecule has 0 aliphatic carbocycles. The van der Waals surface area contributed by atoms with Crippen LogP contribution in [0.1, 0.15) is 44.9 Å². The highest BCUT2D eigenvalue weighted by molar-refractivity contribution is 5.76. The number of carbonyl (C=O) groups excluding carboxylic acids is 1. The summed E-state index contributed by atoms with van der Waals surface area (Å²) in [6, 6.07) is 1.04. The smallest absolute Gasteiger partial charge is 0.220 e. The van der Waals surface area contributed by atoms with E-state index < -0.39 is 0 Å². The SMILES string of the molecule is NCCCCCC(=O)NC1CCN2CCCC12. The van der Waals surface area contributed by atoms with Crippen LogP contribution >= 0.6 is 0 Å². The number of rotatable bonds is 6. The molecule has 17 heavy (non-hydrogen) atoms. The molecule has 0 spiro atoms. The summed E-state index contributed by atoms with van der Waals surface area (Å²) < 4.78 is 0. The lowest BCUT2D eigenvalue weighted by Crippen LogP contribution is -2.42. The number of amides is 1. The van der Waals surface area contributed by atoms with Gasteiger partial charge in [0.25, 0.3) is 0 Å². The molecule has 2 rings (SSSR count). The van der Waals surface area contributed by atoms with E-state index in [1.165, 1.54) is 25.9 Å². The molecule has 0 bridgehead atoms. The van der Waals surface area contributed by atoms with Crippen LogP contribution in [0.5, 0.6) is 0 Å². The monoisotopic (exact) mass is 239 g/mol. The Morgan fingerprint density at radius 3 is 2.94 bits per heavy atom. The molecule has 2 fully saturated rings. The van der Waals surface area contributed by atoms with Gasteiger partial charge in [-0.2, -0.15) is 0 Å². The van der Waals surface area contributed by atoms with E-state index in [1.54, 1.807) is 0 Å². The van der Waals surface area contributed by atoms with Gasteiger partial charge in [-0.05, 0) is 45.2 Å². The molecular weight excluding hydrogens is 214 g/mol. The van der Waals surface area contributed by atoms with Crippen molar-refractivity contribution < 1.29 is 4.79 Å². The zero-order valence-electron chi connectivity index (χ0n) is 10.7. The molecule has 0 radical (unpaired) electrons. The highest BCUT2D eigenvalue weighted by atomic mass is 16.1. The van der Waals surface area contributed by atoms with E-state index in [1.807, 2.05) is 0 Å². The highest BCUT2D eigenvalue weighted by Crippen LogP contribution is 2.27. The predicted octanol–water partition coefficient (Wildman–Crippen LogP) is 0.858. The van der Waals surface area contributed by atoms with Gasteiger partial charge in [0.1, 0.15) is 0 Å². The molecule has 2 aliphatic heterocycles. The average Bonchev–Trinajstić information content (AvgIpc) is 2.89. The fraction of sp³-hybridized carbons (Fsp3) is 0.923. The summed E-state index contributed by atoms with van der Waals surface area (Å²) >= 11 is 0. The maximum atomic E-state index is 11.8. The van der Waals surface area contributed by atoms with E-state index in [2.05, 4.69) is 10.2 Å². The molecule has 0 aromatic rings. The minimum atomic E-state index is 0.237. The quantitative estimate of drug-likeness (QED) is 0.676. The van der Waals surface area contributed by atoms with E-state index >= 15 is 0 Å². The summed E-state index contributed by atoms with van der Waals surface area (Å²) in [6.45, 7) is 3.14. The predicted molar refractivity (Wildman–Crippen MR) is 68.7 cm³/mol. The van der Waals surface area contributed by atoms with Gasteiger partial charge in [0, 0.05) is 25.0 Å². The minimum Gasteiger partial charge on any atom is -0.352 e. The molecule has 3 N–H and O–H groups in total. The first-order chi connectivity index (χ1) is 8.31. The minimum absolute atomic E-state index is 0.237. The molecule has 0 aromatic carbocycles. The number of nitrogens with one attached hydrogen (secondary N) is 1.